The summed E-state index contributed by atoms with van der Waals surface area (Å²) in [5.74, 6) is 0.739. The molecular weight excluding hydrogens is 250 g/mol. The molecule has 0 spiro atoms. The van der Waals surface area contributed by atoms with E-state index in [1.54, 1.807) is 6.20 Å². The highest BCUT2D eigenvalue weighted by molar-refractivity contribution is 5.79. The summed E-state index contributed by atoms with van der Waals surface area (Å²) in [5, 5.41) is 1.06. The van der Waals surface area contributed by atoms with E-state index in [9.17, 15) is 0 Å². The van der Waals surface area contributed by atoms with Crippen molar-refractivity contribution in [3.8, 4) is 5.75 Å². The smallest absolute Gasteiger partial charge is 0.138 e. The Morgan fingerprint density at radius 1 is 1.00 bits per heavy atom. The molecule has 0 saturated carbocycles. The van der Waals surface area contributed by atoms with Gasteiger partial charge in [0.25, 0.3) is 0 Å². The Hall–Kier alpha value is -2.46. The molecular formula is C16H15N3O. The minimum absolute atomic E-state index is 0.411. The monoisotopic (exact) mass is 265 g/mol. The number of para-hydroxylation sites is 1. The Balaban J connectivity index is 1.76. The van der Waals surface area contributed by atoms with E-state index in [4.69, 9.17) is 10.5 Å². The summed E-state index contributed by atoms with van der Waals surface area (Å²) in [5.41, 5.74) is 8.26. The average Bonchev–Trinajstić information content (AvgIpc) is 2.53. The number of hydrogen-bond acceptors (Lipinski definition) is 4. The van der Waals surface area contributed by atoms with Crippen molar-refractivity contribution < 1.29 is 4.74 Å². The van der Waals surface area contributed by atoms with Gasteiger partial charge >= 0.3 is 0 Å². The zero-order valence-corrected chi connectivity index (χ0v) is 11.0. The SMILES string of the molecule is NCc1cccc(COc2cnc3ccccc3c2)n1. The summed E-state index contributed by atoms with van der Waals surface area (Å²) in [6.45, 7) is 0.846. The highest BCUT2D eigenvalue weighted by Crippen LogP contribution is 2.18. The molecule has 0 atom stereocenters. The number of nitrogens with two attached hydrogens (primary N) is 1. The molecule has 0 aliphatic rings. The van der Waals surface area contributed by atoms with Gasteiger partial charge in [-0.1, -0.05) is 24.3 Å². The third kappa shape index (κ3) is 2.75. The average molecular weight is 265 g/mol. The lowest BCUT2D eigenvalue weighted by Crippen LogP contribution is -2.04. The number of nitrogens with zero attached hydrogens (tertiary/aromatic N) is 2. The number of pyridine rings is 2. The van der Waals surface area contributed by atoms with Crippen LogP contribution in [-0.4, -0.2) is 9.97 Å². The van der Waals surface area contributed by atoms with Crippen molar-refractivity contribution in [3.05, 3.63) is 66.1 Å². The molecule has 0 amide bonds. The second kappa shape index (κ2) is 5.67. The second-order valence-corrected chi connectivity index (χ2v) is 4.48. The zero-order valence-electron chi connectivity index (χ0n) is 11.0. The third-order valence-electron chi connectivity index (χ3n) is 3.03. The first-order chi connectivity index (χ1) is 9.85. The molecule has 0 aliphatic heterocycles. The van der Waals surface area contributed by atoms with Gasteiger partial charge in [-0.05, 0) is 24.3 Å². The van der Waals surface area contributed by atoms with Gasteiger partial charge in [-0.25, -0.2) is 0 Å². The molecule has 20 heavy (non-hydrogen) atoms. The number of fused-ring (bicyclic) bond motifs is 1. The Labute approximate surface area is 117 Å². The van der Waals surface area contributed by atoms with Crippen LogP contribution in [0.2, 0.25) is 0 Å². The van der Waals surface area contributed by atoms with Crippen molar-refractivity contribution in [2.45, 2.75) is 13.2 Å². The standard InChI is InChI=1S/C16H15N3O/c17-9-13-5-3-6-14(19-13)11-20-15-8-12-4-1-2-7-16(12)18-10-15/h1-8,10H,9,11,17H2. The zero-order chi connectivity index (χ0) is 13.8. The van der Waals surface area contributed by atoms with Gasteiger partial charge in [0.15, 0.2) is 0 Å². The van der Waals surface area contributed by atoms with E-state index in [-0.39, 0.29) is 0 Å². The van der Waals surface area contributed by atoms with E-state index in [1.165, 1.54) is 0 Å². The van der Waals surface area contributed by atoms with Crippen LogP contribution < -0.4 is 10.5 Å². The van der Waals surface area contributed by atoms with Crippen molar-refractivity contribution in [1.82, 2.24) is 9.97 Å². The normalized spacial score (nSPS) is 10.7. The topological polar surface area (TPSA) is 61.0 Å². The van der Waals surface area contributed by atoms with E-state index in [0.29, 0.717) is 13.2 Å². The molecule has 0 radical (unpaired) electrons. The molecule has 4 nitrogen and oxygen atoms in total. The molecule has 0 fully saturated rings. The van der Waals surface area contributed by atoms with E-state index in [1.807, 2.05) is 48.5 Å². The van der Waals surface area contributed by atoms with Crippen LogP contribution in [0.15, 0.2) is 54.7 Å². The van der Waals surface area contributed by atoms with Crippen molar-refractivity contribution in [1.29, 1.82) is 0 Å². The molecule has 0 unspecified atom stereocenters. The van der Waals surface area contributed by atoms with Gasteiger partial charge in [-0.2, -0.15) is 0 Å². The van der Waals surface area contributed by atoms with Crippen LogP contribution >= 0.6 is 0 Å². The summed E-state index contributed by atoms with van der Waals surface area (Å²) in [6, 6.07) is 15.7. The fraction of sp³-hybridized carbons (Fsp3) is 0.125. The van der Waals surface area contributed by atoms with Crippen LogP contribution in [0.25, 0.3) is 10.9 Å². The van der Waals surface area contributed by atoms with Crippen LogP contribution in [-0.2, 0) is 13.2 Å². The predicted octanol–water partition coefficient (Wildman–Crippen LogP) is 2.67. The second-order valence-electron chi connectivity index (χ2n) is 4.48. The van der Waals surface area contributed by atoms with Crippen molar-refractivity contribution in [2.24, 2.45) is 5.73 Å². The van der Waals surface area contributed by atoms with Crippen LogP contribution in [0.4, 0.5) is 0 Å². The Bertz CT molecular complexity index is 727. The highest BCUT2D eigenvalue weighted by Gasteiger charge is 2.01. The molecule has 3 rings (SSSR count). The number of rotatable bonds is 4. The summed E-state index contributed by atoms with van der Waals surface area (Å²) in [4.78, 5) is 8.76. The van der Waals surface area contributed by atoms with Crippen LogP contribution in [0.3, 0.4) is 0 Å². The lowest BCUT2D eigenvalue weighted by Gasteiger charge is -2.07. The molecule has 2 aromatic heterocycles. The molecule has 2 N–H and O–H groups in total. The van der Waals surface area contributed by atoms with Crippen molar-refractivity contribution in [2.75, 3.05) is 0 Å². The first-order valence-corrected chi connectivity index (χ1v) is 6.47. The molecule has 0 saturated heterocycles. The van der Waals surface area contributed by atoms with Gasteiger partial charge in [0.1, 0.15) is 12.4 Å². The quantitative estimate of drug-likeness (QED) is 0.787. The largest absolute Gasteiger partial charge is 0.486 e. The first-order valence-electron chi connectivity index (χ1n) is 6.47. The van der Waals surface area contributed by atoms with Gasteiger partial charge in [-0.3, -0.25) is 9.97 Å². The highest BCUT2D eigenvalue weighted by atomic mass is 16.5. The number of ether oxygens (including phenoxy) is 1. The van der Waals surface area contributed by atoms with Gasteiger partial charge in [0, 0.05) is 11.9 Å². The van der Waals surface area contributed by atoms with Crippen LogP contribution in [0.5, 0.6) is 5.75 Å². The summed E-state index contributed by atoms with van der Waals surface area (Å²) < 4.78 is 5.73. The predicted molar refractivity (Wildman–Crippen MR) is 78.2 cm³/mol. The lowest BCUT2D eigenvalue weighted by molar-refractivity contribution is 0.300. The third-order valence-corrected chi connectivity index (χ3v) is 3.03. The van der Waals surface area contributed by atoms with E-state index >= 15 is 0 Å². The summed E-state index contributed by atoms with van der Waals surface area (Å²) in [7, 11) is 0. The Morgan fingerprint density at radius 3 is 2.75 bits per heavy atom. The molecule has 100 valence electrons. The molecule has 2 heterocycles. The van der Waals surface area contributed by atoms with E-state index < -0.39 is 0 Å². The van der Waals surface area contributed by atoms with Crippen molar-refractivity contribution >= 4 is 10.9 Å². The molecule has 3 aromatic rings. The van der Waals surface area contributed by atoms with Gasteiger partial charge in [-0.15, -0.1) is 0 Å². The number of aromatic nitrogens is 2. The maximum Gasteiger partial charge on any atom is 0.138 e. The van der Waals surface area contributed by atoms with Crippen LogP contribution in [0.1, 0.15) is 11.4 Å². The first kappa shape index (κ1) is 12.6. The molecule has 4 heteroatoms. The Morgan fingerprint density at radius 2 is 1.85 bits per heavy atom. The molecule has 1 aromatic carbocycles. The lowest BCUT2D eigenvalue weighted by atomic mass is 10.2. The summed E-state index contributed by atoms with van der Waals surface area (Å²) in [6.07, 6.45) is 1.73. The maximum atomic E-state index is 5.73. The van der Waals surface area contributed by atoms with E-state index in [0.717, 1.165) is 28.0 Å². The maximum absolute atomic E-state index is 5.73. The minimum Gasteiger partial charge on any atom is -0.486 e. The molecule has 0 bridgehead atoms. The summed E-state index contributed by atoms with van der Waals surface area (Å²) >= 11 is 0. The minimum atomic E-state index is 0.411. The van der Waals surface area contributed by atoms with Gasteiger partial charge < -0.3 is 10.5 Å². The van der Waals surface area contributed by atoms with Crippen molar-refractivity contribution in [3.63, 3.8) is 0 Å². The van der Waals surface area contributed by atoms with Crippen LogP contribution in [0, 0.1) is 0 Å². The Kier molecular flexibility index (Phi) is 3.56. The fourth-order valence-electron chi connectivity index (χ4n) is 2.01. The van der Waals surface area contributed by atoms with E-state index in [2.05, 4.69) is 9.97 Å². The fourth-order valence-corrected chi connectivity index (χ4v) is 2.01. The molecule has 0 aliphatic carbocycles. The van der Waals surface area contributed by atoms with Gasteiger partial charge in [0.05, 0.1) is 23.1 Å². The van der Waals surface area contributed by atoms with Gasteiger partial charge in [0.2, 0.25) is 0 Å². The number of benzene rings is 1. The number of hydrogen-bond donors (Lipinski definition) is 1.